The predicted molar refractivity (Wildman–Crippen MR) is 124 cm³/mol. The Morgan fingerprint density at radius 1 is 0.969 bits per heavy atom. The fourth-order valence-corrected chi connectivity index (χ4v) is 3.95. The minimum absolute atomic E-state index is 0.0310. The van der Waals surface area contributed by atoms with Crippen LogP contribution in [0.3, 0.4) is 0 Å². The molecule has 1 aliphatic heterocycles. The van der Waals surface area contributed by atoms with E-state index in [-0.39, 0.29) is 12.2 Å². The predicted octanol–water partition coefficient (Wildman–Crippen LogP) is 2.60. The van der Waals surface area contributed by atoms with Crippen LogP contribution in [0, 0.1) is 0 Å². The second-order valence-electron chi connectivity index (χ2n) is 8.26. The number of aryl methyl sites for hydroxylation is 1. The zero-order valence-electron chi connectivity index (χ0n) is 18.3. The Morgan fingerprint density at radius 3 is 2.59 bits per heavy atom. The molecule has 8 nitrogen and oxygen atoms in total. The fraction of sp³-hybridized carbons (Fsp3) is 0.292. The lowest BCUT2D eigenvalue weighted by Crippen LogP contribution is -2.44. The summed E-state index contributed by atoms with van der Waals surface area (Å²) in [5.41, 5.74) is 3.98. The van der Waals surface area contributed by atoms with Crippen molar-refractivity contribution >= 4 is 22.5 Å². The molecule has 8 heteroatoms. The number of hydrogen-bond acceptors (Lipinski definition) is 7. The maximum atomic E-state index is 13.0. The van der Waals surface area contributed by atoms with Gasteiger partial charge in [-0.3, -0.25) is 19.4 Å². The van der Waals surface area contributed by atoms with Gasteiger partial charge in [0.05, 0.1) is 23.8 Å². The summed E-state index contributed by atoms with van der Waals surface area (Å²) in [6.07, 6.45) is 7.38. The highest BCUT2D eigenvalue weighted by atomic mass is 16.1. The molecule has 0 bridgehead atoms. The van der Waals surface area contributed by atoms with E-state index in [4.69, 9.17) is 0 Å². The Morgan fingerprint density at radius 2 is 1.81 bits per heavy atom. The van der Waals surface area contributed by atoms with E-state index in [1.165, 1.54) is 0 Å². The maximum Gasteiger partial charge on any atom is 0.169 e. The number of aromatic nitrogens is 5. The van der Waals surface area contributed by atoms with Gasteiger partial charge in [-0.2, -0.15) is 5.10 Å². The van der Waals surface area contributed by atoms with E-state index in [1.807, 2.05) is 37.5 Å². The van der Waals surface area contributed by atoms with Gasteiger partial charge in [-0.15, -0.1) is 0 Å². The number of carbonyl (C=O) groups is 1. The topological polar surface area (TPSA) is 80.0 Å². The minimum Gasteiger partial charge on any atom is -0.354 e. The van der Waals surface area contributed by atoms with Crippen molar-refractivity contribution in [3.63, 3.8) is 0 Å². The fourth-order valence-electron chi connectivity index (χ4n) is 3.95. The highest BCUT2D eigenvalue weighted by molar-refractivity contribution is 5.98. The molecular weight excluding hydrogens is 402 g/mol. The molecule has 0 aliphatic carbocycles. The molecular formula is C24H25N7O. The van der Waals surface area contributed by atoms with Gasteiger partial charge in [0.1, 0.15) is 5.82 Å². The molecule has 32 heavy (non-hydrogen) atoms. The van der Waals surface area contributed by atoms with Crippen LogP contribution in [-0.4, -0.2) is 68.6 Å². The monoisotopic (exact) mass is 427 g/mol. The molecule has 5 heterocycles. The van der Waals surface area contributed by atoms with Gasteiger partial charge in [0.25, 0.3) is 0 Å². The molecule has 0 spiro atoms. The Hall–Kier alpha value is -3.65. The zero-order chi connectivity index (χ0) is 22.1. The zero-order valence-corrected chi connectivity index (χ0v) is 18.3. The van der Waals surface area contributed by atoms with Gasteiger partial charge in [-0.05, 0) is 37.4 Å². The largest absolute Gasteiger partial charge is 0.354 e. The average Bonchev–Trinajstić information content (AvgIpc) is 3.25. The Bertz CT molecular complexity index is 1270. The lowest BCUT2D eigenvalue weighted by atomic mass is 10.1. The number of pyridine rings is 3. The second kappa shape index (κ2) is 8.47. The normalized spacial score (nSPS) is 14.8. The average molecular weight is 428 g/mol. The van der Waals surface area contributed by atoms with Crippen molar-refractivity contribution in [3.8, 4) is 11.3 Å². The molecule has 162 valence electrons. The first-order valence-electron chi connectivity index (χ1n) is 10.7. The van der Waals surface area contributed by atoms with Gasteiger partial charge in [-0.25, -0.2) is 4.98 Å². The summed E-state index contributed by atoms with van der Waals surface area (Å²) in [4.78, 5) is 31.0. The summed E-state index contributed by atoms with van der Waals surface area (Å²) in [5, 5.41) is 5.39. The van der Waals surface area contributed by atoms with Crippen molar-refractivity contribution in [2.75, 3.05) is 38.1 Å². The molecule has 0 atom stereocenters. The summed E-state index contributed by atoms with van der Waals surface area (Å²) < 4.78 is 1.77. The number of hydrogen-bond donors (Lipinski definition) is 0. The number of nitrogens with zero attached hydrogens (tertiary/aromatic N) is 7. The van der Waals surface area contributed by atoms with Crippen LogP contribution in [0.15, 0.2) is 55.1 Å². The standard InChI is InChI=1S/C24H25N7O/c1-29-7-9-31(10-8-29)24-13-17(3-5-25-24)23(32)14-20-12-18-11-19(15-27-22(18)16-26-20)21-4-6-30(2)28-21/h3-6,11-13,15-16H,7-10,14H2,1-2H3. The van der Waals surface area contributed by atoms with Crippen molar-refractivity contribution < 1.29 is 4.79 Å². The minimum atomic E-state index is 0.0310. The lowest BCUT2D eigenvalue weighted by molar-refractivity contribution is 0.0992. The molecule has 5 rings (SSSR count). The summed E-state index contributed by atoms with van der Waals surface area (Å²) >= 11 is 0. The molecule has 0 amide bonds. The highest BCUT2D eigenvalue weighted by Gasteiger charge is 2.17. The van der Waals surface area contributed by atoms with Crippen LogP contribution >= 0.6 is 0 Å². The molecule has 0 saturated carbocycles. The molecule has 0 radical (unpaired) electrons. The van der Waals surface area contributed by atoms with E-state index in [0.717, 1.165) is 59.9 Å². The van der Waals surface area contributed by atoms with Gasteiger partial charge < -0.3 is 9.80 Å². The number of anilines is 1. The molecule has 1 saturated heterocycles. The van der Waals surface area contributed by atoms with E-state index < -0.39 is 0 Å². The van der Waals surface area contributed by atoms with Gasteiger partial charge in [0.15, 0.2) is 5.78 Å². The van der Waals surface area contributed by atoms with Crippen molar-refractivity contribution in [3.05, 3.63) is 66.4 Å². The smallest absolute Gasteiger partial charge is 0.169 e. The third kappa shape index (κ3) is 4.22. The third-order valence-electron chi connectivity index (χ3n) is 5.87. The van der Waals surface area contributed by atoms with Crippen molar-refractivity contribution in [1.82, 2.24) is 29.6 Å². The molecule has 0 aromatic carbocycles. The molecule has 0 unspecified atom stereocenters. The van der Waals surface area contributed by atoms with E-state index >= 15 is 0 Å². The Balaban J connectivity index is 1.36. The number of rotatable bonds is 5. The van der Waals surface area contributed by atoms with E-state index in [1.54, 1.807) is 29.3 Å². The first-order chi connectivity index (χ1) is 15.5. The maximum absolute atomic E-state index is 13.0. The number of fused-ring (bicyclic) bond motifs is 1. The van der Waals surface area contributed by atoms with Gasteiger partial charge in [0, 0.05) is 74.0 Å². The Kier molecular flexibility index (Phi) is 5.36. The van der Waals surface area contributed by atoms with Crippen molar-refractivity contribution in [1.29, 1.82) is 0 Å². The lowest BCUT2D eigenvalue weighted by Gasteiger charge is -2.33. The summed E-state index contributed by atoms with van der Waals surface area (Å²) in [7, 11) is 4.01. The highest BCUT2D eigenvalue weighted by Crippen LogP contribution is 2.22. The van der Waals surface area contributed by atoms with Crippen LogP contribution in [-0.2, 0) is 13.5 Å². The van der Waals surface area contributed by atoms with E-state index in [0.29, 0.717) is 5.56 Å². The molecule has 0 N–H and O–H groups in total. The van der Waals surface area contributed by atoms with Crippen molar-refractivity contribution in [2.45, 2.75) is 6.42 Å². The van der Waals surface area contributed by atoms with Crippen molar-refractivity contribution in [2.24, 2.45) is 7.05 Å². The van der Waals surface area contributed by atoms with E-state index in [2.05, 4.69) is 36.9 Å². The van der Waals surface area contributed by atoms with Gasteiger partial charge >= 0.3 is 0 Å². The molecule has 4 aromatic heterocycles. The molecule has 4 aromatic rings. The number of likely N-dealkylation sites (N-methyl/N-ethyl adjacent to an activating group) is 1. The quantitative estimate of drug-likeness (QED) is 0.453. The number of Topliss-reactive ketones (excluding diaryl/α,β-unsaturated/α-hetero) is 1. The molecule has 1 aliphatic rings. The second-order valence-corrected chi connectivity index (χ2v) is 8.26. The first-order valence-corrected chi connectivity index (χ1v) is 10.7. The van der Waals surface area contributed by atoms with Crippen LogP contribution in [0.2, 0.25) is 0 Å². The summed E-state index contributed by atoms with van der Waals surface area (Å²) in [6, 6.07) is 9.61. The number of piperazine rings is 1. The Labute approximate surface area is 186 Å². The van der Waals surface area contributed by atoms with Gasteiger partial charge in [-0.1, -0.05) is 0 Å². The van der Waals surface area contributed by atoms with Crippen LogP contribution in [0.1, 0.15) is 16.1 Å². The number of carbonyl (C=O) groups excluding carboxylic acids is 1. The number of ketones is 1. The summed E-state index contributed by atoms with van der Waals surface area (Å²) in [5.74, 6) is 0.892. The summed E-state index contributed by atoms with van der Waals surface area (Å²) in [6.45, 7) is 3.82. The third-order valence-corrected chi connectivity index (χ3v) is 5.87. The SMILES string of the molecule is CN1CCN(c2cc(C(=O)Cc3cc4cc(-c5ccn(C)n5)cnc4cn3)ccn2)CC1. The van der Waals surface area contributed by atoms with E-state index in [9.17, 15) is 4.79 Å². The van der Waals surface area contributed by atoms with Crippen LogP contribution < -0.4 is 4.90 Å². The van der Waals surface area contributed by atoms with Crippen LogP contribution in [0.25, 0.3) is 22.2 Å². The van der Waals surface area contributed by atoms with Gasteiger partial charge in [0.2, 0.25) is 0 Å². The van der Waals surface area contributed by atoms with Crippen LogP contribution in [0.4, 0.5) is 5.82 Å². The van der Waals surface area contributed by atoms with Crippen LogP contribution in [0.5, 0.6) is 0 Å². The first kappa shape index (κ1) is 20.3. The molecule has 1 fully saturated rings.